The Bertz CT molecular complexity index is 627. The summed E-state index contributed by atoms with van der Waals surface area (Å²) < 4.78 is 18.7. The van der Waals surface area contributed by atoms with Gasteiger partial charge in [0.2, 0.25) is 5.75 Å². The first-order valence-corrected chi connectivity index (χ1v) is 5.45. The summed E-state index contributed by atoms with van der Waals surface area (Å²) in [6.45, 7) is 1.51. The van der Waals surface area contributed by atoms with E-state index in [2.05, 4.69) is 0 Å². The van der Waals surface area contributed by atoms with Crippen molar-refractivity contribution in [2.75, 3.05) is 5.73 Å². The van der Waals surface area contributed by atoms with Gasteiger partial charge in [0.1, 0.15) is 11.6 Å². The number of nitrogen functional groups attached to an aromatic ring is 1. The van der Waals surface area contributed by atoms with Crippen molar-refractivity contribution in [2.24, 2.45) is 0 Å². The molecule has 0 unspecified atom stereocenters. The molecule has 0 bridgehead atoms. The maximum Gasteiger partial charge on any atom is 0.314 e. The first-order valence-electron chi connectivity index (χ1n) is 5.45. The van der Waals surface area contributed by atoms with Crippen molar-refractivity contribution in [1.29, 1.82) is 0 Å². The maximum atomic E-state index is 13.3. The molecule has 0 saturated heterocycles. The van der Waals surface area contributed by atoms with Gasteiger partial charge in [-0.1, -0.05) is 0 Å². The zero-order valence-electron chi connectivity index (χ0n) is 10.1. The summed E-state index contributed by atoms with van der Waals surface area (Å²) in [6, 6.07) is 8.52. The van der Waals surface area contributed by atoms with E-state index < -0.39 is 16.4 Å². The van der Waals surface area contributed by atoms with Crippen molar-refractivity contribution in [3.8, 4) is 11.5 Å². The predicted octanol–water partition coefficient (Wildman–Crippen LogP) is 3.42. The average molecular weight is 262 g/mol. The lowest BCUT2D eigenvalue weighted by molar-refractivity contribution is -0.385. The summed E-state index contributed by atoms with van der Waals surface area (Å²) in [6.07, 6.45) is 0. The van der Waals surface area contributed by atoms with Crippen LogP contribution >= 0.6 is 0 Å². The fourth-order valence-corrected chi connectivity index (χ4v) is 1.53. The number of ether oxygens (including phenoxy) is 1. The summed E-state index contributed by atoms with van der Waals surface area (Å²) in [7, 11) is 0. The molecule has 0 aliphatic carbocycles. The fraction of sp³-hybridized carbons (Fsp3) is 0.0769. The molecule has 98 valence electrons. The van der Waals surface area contributed by atoms with Crippen LogP contribution in [-0.2, 0) is 0 Å². The molecule has 0 fully saturated rings. The Balaban J connectivity index is 2.41. The molecule has 2 aromatic rings. The number of rotatable bonds is 3. The van der Waals surface area contributed by atoms with E-state index in [1.165, 1.54) is 13.0 Å². The van der Waals surface area contributed by atoms with Crippen LogP contribution in [0.4, 0.5) is 15.8 Å². The highest BCUT2D eigenvalue weighted by atomic mass is 19.1. The van der Waals surface area contributed by atoms with Gasteiger partial charge in [0.05, 0.1) is 11.0 Å². The molecular formula is C13H11FN2O3. The molecule has 0 heterocycles. The summed E-state index contributed by atoms with van der Waals surface area (Å²) in [5.41, 5.74) is 5.94. The second-order valence-corrected chi connectivity index (χ2v) is 4.00. The predicted molar refractivity (Wildman–Crippen MR) is 68.7 cm³/mol. The van der Waals surface area contributed by atoms with Gasteiger partial charge in [-0.2, -0.15) is 0 Å². The lowest BCUT2D eigenvalue weighted by Gasteiger charge is -2.08. The Hall–Kier alpha value is -2.63. The lowest BCUT2D eigenvalue weighted by Crippen LogP contribution is -1.96. The quantitative estimate of drug-likeness (QED) is 0.522. The molecule has 0 aliphatic heterocycles. The molecule has 2 aromatic carbocycles. The zero-order chi connectivity index (χ0) is 14.0. The smallest absolute Gasteiger partial charge is 0.314 e. The fourth-order valence-electron chi connectivity index (χ4n) is 1.53. The van der Waals surface area contributed by atoms with Crippen molar-refractivity contribution in [3.05, 3.63) is 57.9 Å². The molecule has 0 amide bonds. The first kappa shape index (κ1) is 12.8. The van der Waals surface area contributed by atoms with Gasteiger partial charge < -0.3 is 10.5 Å². The Morgan fingerprint density at radius 3 is 2.47 bits per heavy atom. The molecule has 2 rings (SSSR count). The standard InChI is InChI=1S/C13H11FN2O3/c1-8-6-13(12(16(17)18)7-11(8)14)19-10-4-2-9(15)3-5-10/h2-7H,15H2,1H3. The van der Waals surface area contributed by atoms with Gasteiger partial charge in [0.15, 0.2) is 0 Å². The summed E-state index contributed by atoms with van der Waals surface area (Å²) in [5.74, 6) is -0.256. The summed E-state index contributed by atoms with van der Waals surface area (Å²) in [5, 5.41) is 10.9. The summed E-state index contributed by atoms with van der Waals surface area (Å²) in [4.78, 5) is 10.2. The molecular weight excluding hydrogens is 251 g/mol. The number of nitrogens with zero attached hydrogens (tertiary/aromatic N) is 1. The minimum absolute atomic E-state index is 0.00586. The molecule has 0 saturated carbocycles. The Morgan fingerprint density at radius 2 is 1.89 bits per heavy atom. The van der Waals surface area contributed by atoms with Crippen molar-refractivity contribution >= 4 is 11.4 Å². The first-order chi connectivity index (χ1) is 8.97. The summed E-state index contributed by atoms with van der Waals surface area (Å²) >= 11 is 0. The van der Waals surface area contributed by atoms with E-state index in [1.807, 2.05) is 0 Å². The minimum atomic E-state index is -0.685. The van der Waals surface area contributed by atoms with Gasteiger partial charge in [0.25, 0.3) is 0 Å². The van der Waals surface area contributed by atoms with Crippen LogP contribution in [0.3, 0.4) is 0 Å². The average Bonchev–Trinajstić information content (AvgIpc) is 2.36. The molecule has 0 radical (unpaired) electrons. The van der Waals surface area contributed by atoms with Gasteiger partial charge in [-0.15, -0.1) is 0 Å². The normalized spacial score (nSPS) is 10.2. The van der Waals surface area contributed by atoms with Crippen LogP contribution in [0, 0.1) is 22.9 Å². The number of nitro groups is 1. The van der Waals surface area contributed by atoms with E-state index in [-0.39, 0.29) is 11.3 Å². The number of benzene rings is 2. The van der Waals surface area contributed by atoms with Gasteiger partial charge in [-0.05, 0) is 42.8 Å². The number of hydrogen-bond donors (Lipinski definition) is 1. The SMILES string of the molecule is Cc1cc(Oc2ccc(N)cc2)c([N+](=O)[O-])cc1F. The third kappa shape index (κ3) is 2.79. The van der Waals surface area contributed by atoms with Crippen LogP contribution in [0.15, 0.2) is 36.4 Å². The van der Waals surface area contributed by atoms with Crippen LogP contribution in [-0.4, -0.2) is 4.92 Å². The van der Waals surface area contributed by atoms with Crippen LogP contribution in [0.2, 0.25) is 0 Å². The molecule has 0 aromatic heterocycles. The Labute approximate surface area is 108 Å². The van der Waals surface area contributed by atoms with E-state index >= 15 is 0 Å². The largest absolute Gasteiger partial charge is 0.450 e. The number of halogens is 1. The van der Waals surface area contributed by atoms with Crippen LogP contribution in [0.25, 0.3) is 0 Å². The van der Waals surface area contributed by atoms with E-state index in [0.29, 0.717) is 11.4 Å². The van der Waals surface area contributed by atoms with Gasteiger partial charge in [0, 0.05) is 5.69 Å². The van der Waals surface area contributed by atoms with Gasteiger partial charge in [-0.25, -0.2) is 4.39 Å². The molecule has 0 aliphatic rings. The highest BCUT2D eigenvalue weighted by Gasteiger charge is 2.19. The Morgan fingerprint density at radius 1 is 1.26 bits per heavy atom. The Kier molecular flexibility index (Phi) is 3.33. The highest BCUT2D eigenvalue weighted by molar-refractivity contribution is 5.51. The third-order valence-electron chi connectivity index (χ3n) is 2.54. The number of nitrogens with two attached hydrogens (primary N) is 1. The zero-order valence-corrected chi connectivity index (χ0v) is 10.1. The van der Waals surface area contributed by atoms with Crippen LogP contribution in [0.1, 0.15) is 5.56 Å². The van der Waals surface area contributed by atoms with Crippen molar-refractivity contribution < 1.29 is 14.1 Å². The molecule has 6 heteroatoms. The topological polar surface area (TPSA) is 78.4 Å². The number of aryl methyl sites for hydroxylation is 1. The number of hydrogen-bond acceptors (Lipinski definition) is 4. The monoisotopic (exact) mass is 262 g/mol. The van der Waals surface area contributed by atoms with E-state index in [9.17, 15) is 14.5 Å². The molecule has 0 spiro atoms. The second-order valence-electron chi connectivity index (χ2n) is 4.00. The van der Waals surface area contributed by atoms with Gasteiger partial charge >= 0.3 is 5.69 Å². The van der Waals surface area contributed by atoms with E-state index in [0.717, 1.165) is 6.07 Å². The van der Waals surface area contributed by atoms with E-state index in [4.69, 9.17) is 10.5 Å². The van der Waals surface area contributed by atoms with Crippen molar-refractivity contribution in [1.82, 2.24) is 0 Å². The second kappa shape index (κ2) is 4.93. The molecule has 2 N–H and O–H groups in total. The number of anilines is 1. The van der Waals surface area contributed by atoms with Crippen LogP contribution in [0.5, 0.6) is 11.5 Å². The van der Waals surface area contributed by atoms with E-state index in [1.54, 1.807) is 24.3 Å². The molecule has 19 heavy (non-hydrogen) atoms. The van der Waals surface area contributed by atoms with Crippen molar-refractivity contribution in [2.45, 2.75) is 6.92 Å². The van der Waals surface area contributed by atoms with Gasteiger partial charge in [-0.3, -0.25) is 10.1 Å². The minimum Gasteiger partial charge on any atom is -0.450 e. The third-order valence-corrected chi connectivity index (χ3v) is 2.54. The maximum absolute atomic E-state index is 13.3. The molecule has 0 atom stereocenters. The molecule has 5 nitrogen and oxygen atoms in total. The highest BCUT2D eigenvalue weighted by Crippen LogP contribution is 2.33. The van der Waals surface area contributed by atoms with Crippen LogP contribution < -0.4 is 10.5 Å². The van der Waals surface area contributed by atoms with Crippen molar-refractivity contribution in [3.63, 3.8) is 0 Å². The lowest BCUT2D eigenvalue weighted by atomic mass is 10.2. The number of nitro benzene ring substituents is 1.